The zero-order valence-corrected chi connectivity index (χ0v) is 15.3. The minimum Gasteiger partial charge on any atom is -0.512 e. The number of aliphatic hydroxyl groups is 1. The molecule has 0 saturated carbocycles. The molecule has 1 aliphatic carbocycles. The van der Waals surface area contributed by atoms with Crippen molar-refractivity contribution in [2.75, 3.05) is 5.32 Å². The molecule has 0 spiro atoms. The number of carbonyl (C=O) groups excluding carboxylic acids is 1. The lowest BCUT2D eigenvalue weighted by Gasteiger charge is -2.11. The van der Waals surface area contributed by atoms with Crippen molar-refractivity contribution in [1.82, 2.24) is 9.97 Å². The number of nitrogens with one attached hydrogen (secondary N) is 1. The molecule has 7 heteroatoms. The molecule has 1 aromatic carbocycles. The van der Waals surface area contributed by atoms with Crippen molar-refractivity contribution in [2.24, 2.45) is 9.98 Å². The average molecular weight is 363 g/mol. The number of hydrogen-bond acceptors (Lipinski definition) is 5. The molecular weight excluding hydrogens is 342 g/mol. The van der Waals surface area contributed by atoms with Crippen molar-refractivity contribution < 1.29 is 9.90 Å². The van der Waals surface area contributed by atoms with E-state index in [0.717, 1.165) is 17.1 Å². The summed E-state index contributed by atoms with van der Waals surface area (Å²) < 4.78 is 0. The van der Waals surface area contributed by atoms with E-state index in [1.54, 1.807) is 0 Å². The Balaban J connectivity index is 1.95. The first-order chi connectivity index (χ1) is 13.0. The van der Waals surface area contributed by atoms with E-state index in [-0.39, 0.29) is 29.0 Å². The number of carbonyl (C=O) groups is 1. The van der Waals surface area contributed by atoms with Gasteiger partial charge in [-0.25, -0.2) is 15.0 Å². The number of hydrogen-bond donors (Lipinski definition) is 2. The summed E-state index contributed by atoms with van der Waals surface area (Å²) in [5.74, 6) is 0.446. The standard InChI is InChI=1S/C20H21N5O2/c1-13-11-14(2)23-20(22-13)25-19(24-15-7-4-3-5-8-15)21-12-16-17(26)9-6-10-18(16)27/h3-5,7-8,11-12,26H,6,9-10H2,1-2H3,(H,22,23,24,25). The topological polar surface area (TPSA) is 99.8 Å². The summed E-state index contributed by atoms with van der Waals surface area (Å²) in [6.45, 7) is 3.73. The molecule has 0 amide bonds. The molecule has 27 heavy (non-hydrogen) atoms. The predicted molar refractivity (Wildman–Crippen MR) is 106 cm³/mol. The monoisotopic (exact) mass is 363 g/mol. The van der Waals surface area contributed by atoms with E-state index in [9.17, 15) is 9.90 Å². The van der Waals surface area contributed by atoms with Crippen LogP contribution in [-0.4, -0.2) is 33.0 Å². The molecule has 0 bridgehead atoms. The summed E-state index contributed by atoms with van der Waals surface area (Å²) in [6.07, 6.45) is 2.89. The normalized spacial score (nSPS) is 15.5. The molecule has 0 unspecified atom stereocenters. The van der Waals surface area contributed by atoms with Crippen molar-refractivity contribution in [3.63, 3.8) is 0 Å². The number of anilines is 1. The van der Waals surface area contributed by atoms with Crippen molar-refractivity contribution in [1.29, 1.82) is 0 Å². The van der Waals surface area contributed by atoms with Crippen molar-refractivity contribution in [3.8, 4) is 0 Å². The predicted octanol–water partition coefficient (Wildman–Crippen LogP) is 3.83. The second kappa shape index (κ2) is 8.35. The van der Waals surface area contributed by atoms with E-state index >= 15 is 0 Å². The molecule has 0 saturated heterocycles. The zero-order valence-electron chi connectivity index (χ0n) is 15.3. The van der Waals surface area contributed by atoms with Crippen LogP contribution in [0.3, 0.4) is 0 Å². The summed E-state index contributed by atoms with van der Waals surface area (Å²) in [7, 11) is 0. The van der Waals surface area contributed by atoms with Crippen LogP contribution in [0.5, 0.6) is 0 Å². The summed E-state index contributed by atoms with van der Waals surface area (Å²) >= 11 is 0. The van der Waals surface area contributed by atoms with Gasteiger partial charge in [0.1, 0.15) is 5.76 Å². The van der Waals surface area contributed by atoms with Gasteiger partial charge in [-0.3, -0.25) is 4.79 Å². The number of rotatable bonds is 3. The number of aliphatic hydroxyl groups excluding tert-OH is 1. The Labute approximate surface area is 157 Å². The summed E-state index contributed by atoms with van der Waals surface area (Å²) in [5, 5.41) is 13.1. The van der Waals surface area contributed by atoms with Gasteiger partial charge in [-0.2, -0.15) is 4.99 Å². The Morgan fingerprint density at radius 1 is 1.15 bits per heavy atom. The molecular formula is C20H21N5O2. The van der Waals surface area contributed by atoms with Crippen molar-refractivity contribution in [2.45, 2.75) is 33.1 Å². The van der Waals surface area contributed by atoms with Gasteiger partial charge in [0.25, 0.3) is 5.95 Å². The third kappa shape index (κ3) is 5.07. The number of aromatic nitrogens is 2. The molecule has 1 aromatic heterocycles. The Morgan fingerprint density at radius 2 is 1.85 bits per heavy atom. The molecule has 2 N–H and O–H groups in total. The van der Waals surface area contributed by atoms with E-state index in [0.29, 0.717) is 19.3 Å². The first kappa shape index (κ1) is 18.4. The third-order valence-electron chi connectivity index (χ3n) is 3.95. The smallest absolute Gasteiger partial charge is 0.253 e. The van der Waals surface area contributed by atoms with E-state index in [2.05, 4.69) is 25.3 Å². The highest BCUT2D eigenvalue weighted by Crippen LogP contribution is 2.19. The highest BCUT2D eigenvalue weighted by Gasteiger charge is 2.18. The van der Waals surface area contributed by atoms with Crippen LogP contribution in [0.2, 0.25) is 0 Å². The number of benzene rings is 1. The number of aliphatic imine (C=N–C) groups is 2. The molecule has 0 atom stereocenters. The fourth-order valence-corrected chi connectivity index (χ4v) is 2.71. The summed E-state index contributed by atoms with van der Waals surface area (Å²) in [5.41, 5.74) is 2.61. The fourth-order valence-electron chi connectivity index (χ4n) is 2.71. The van der Waals surface area contributed by atoms with Gasteiger partial charge in [-0.15, -0.1) is 0 Å². The third-order valence-corrected chi connectivity index (χ3v) is 3.95. The quantitative estimate of drug-likeness (QED) is 0.638. The lowest BCUT2D eigenvalue weighted by atomic mass is 9.97. The second-order valence-corrected chi connectivity index (χ2v) is 6.27. The lowest BCUT2D eigenvalue weighted by Crippen LogP contribution is -2.15. The molecule has 1 aliphatic rings. The van der Waals surface area contributed by atoms with E-state index in [1.807, 2.05) is 50.2 Å². The number of allylic oxidation sites excluding steroid dienone is 2. The van der Waals surface area contributed by atoms with E-state index in [1.165, 1.54) is 6.21 Å². The Kier molecular flexibility index (Phi) is 5.71. The Morgan fingerprint density at radius 3 is 2.52 bits per heavy atom. The number of nitrogens with zero attached hydrogens (tertiary/aromatic N) is 4. The van der Waals surface area contributed by atoms with Gasteiger partial charge < -0.3 is 10.4 Å². The van der Waals surface area contributed by atoms with Gasteiger partial charge in [0.05, 0.1) is 5.57 Å². The lowest BCUT2D eigenvalue weighted by molar-refractivity contribution is -0.115. The van der Waals surface area contributed by atoms with Crippen LogP contribution >= 0.6 is 0 Å². The van der Waals surface area contributed by atoms with Gasteiger partial charge in [0.15, 0.2) is 5.78 Å². The number of guanidine groups is 1. The van der Waals surface area contributed by atoms with E-state index < -0.39 is 0 Å². The highest BCUT2D eigenvalue weighted by molar-refractivity contribution is 6.16. The van der Waals surface area contributed by atoms with Crippen LogP contribution in [-0.2, 0) is 4.79 Å². The van der Waals surface area contributed by atoms with Gasteiger partial charge in [-0.1, -0.05) is 18.2 Å². The van der Waals surface area contributed by atoms with Gasteiger partial charge >= 0.3 is 0 Å². The van der Waals surface area contributed by atoms with Crippen LogP contribution in [0.25, 0.3) is 0 Å². The molecule has 2 aromatic rings. The number of aryl methyl sites for hydroxylation is 2. The summed E-state index contributed by atoms with van der Waals surface area (Å²) in [6, 6.07) is 11.3. The highest BCUT2D eigenvalue weighted by atomic mass is 16.3. The minimum absolute atomic E-state index is 0.0664. The average Bonchev–Trinajstić information content (AvgIpc) is 2.61. The SMILES string of the molecule is Cc1cc(C)nc(N=C(N=CC2=C(O)CCCC2=O)Nc2ccccc2)n1. The van der Waals surface area contributed by atoms with Gasteiger partial charge in [0, 0.05) is 36.1 Å². The fraction of sp³-hybridized carbons (Fsp3) is 0.250. The largest absolute Gasteiger partial charge is 0.512 e. The molecule has 3 rings (SSSR count). The van der Waals surface area contributed by atoms with Crippen LogP contribution in [0.1, 0.15) is 30.7 Å². The Bertz CT molecular complexity index is 912. The molecule has 0 fully saturated rings. The Hall–Kier alpha value is -3.35. The first-order valence-electron chi connectivity index (χ1n) is 8.73. The maximum atomic E-state index is 12.0. The van der Waals surface area contributed by atoms with Gasteiger partial charge in [-0.05, 0) is 38.5 Å². The van der Waals surface area contributed by atoms with Gasteiger partial charge in [0.2, 0.25) is 5.96 Å². The molecule has 0 radical (unpaired) electrons. The maximum Gasteiger partial charge on any atom is 0.253 e. The van der Waals surface area contributed by atoms with Crippen LogP contribution in [0, 0.1) is 13.8 Å². The maximum absolute atomic E-state index is 12.0. The zero-order chi connectivity index (χ0) is 19.2. The minimum atomic E-state index is -0.121. The van der Waals surface area contributed by atoms with E-state index in [4.69, 9.17) is 0 Å². The molecule has 138 valence electrons. The molecule has 1 heterocycles. The number of ketones is 1. The van der Waals surface area contributed by atoms with Crippen LogP contribution in [0.15, 0.2) is 57.7 Å². The second-order valence-electron chi connectivity index (χ2n) is 6.27. The van der Waals surface area contributed by atoms with Crippen LogP contribution in [0.4, 0.5) is 11.6 Å². The molecule has 0 aliphatic heterocycles. The van der Waals surface area contributed by atoms with Crippen LogP contribution < -0.4 is 5.32 Å². The van der Waals surface area contributed by atoms with Crippen molar-refractivity contribution in [3.05, 3.63) is 59.1 Å². The summed E-state index contributed by atoms with van der Waals surface area (Å²) in [4.78, 5) is 29.3. The molecule has 7 nitrogen and oxygen atoms in total. The number of para-hydroxylation sites is 1. The first-order valence-corrected chi connectivity index (χ1v) is 8.73. The van der Waals surface area contributed by atoms with Crippen molar-refractivity contribution >= 4 is 29.6 Å². The number of Topliss-reactive ketones (excluding diaryl/α,β-unsaturated/α-hetero) is 1.